The van der Waals surface area contributed by atoms with E-state index in [9.17, 15) is 5.11 Å². The molecular weight excluding hydrogens is 222 g/mol. The lowest BCUT2D eigenvalue weighted by Crippen LogP contribution is -2.11. The van der Waals surface area contributed by atoms with Crippen LogP contribution in [0.25, 0.3) is 0 Å². The van der Waals surface area contributed by atoms with Gasteiger partial charge in [-0.05, 0) is 17.7 Å². The van der Waals surface area contributed by atoms with Crippen LogP contribution in [0.4, 0.5) is 10.8 Å². The Morgan fingerprint density at radius 3 is 2.75 bits per heavy atom. The van der Waals surface area contributed by atoms with Crippen LogP contribution in [0.1, 0.15) is 11.7 Å². The summed E-state index contributed by atoms with van der Waals surface area (Å²) >= 11 is 1.51. The number of rotatable bonds is 4. The predicted octanol–water partition coefficient (Wildman–Crippen LogP) is 1.87. The van der Waals surface area contributed by atoms with Gasteiger partial charge in [-0.1, -0.05) is 12.1 Å². The van der Waals surface area contributed by atoms with E-state index in [1.165, 1.54) is 11.3 Å². The van der Waals surface area contributed by atoms with E-state index in [-0.39, 0.29) is 0 Å². The monoisotopic (exact) mass is 235 g/mol. The third-order valence-corrected chi connectivity index (χ3v) is 2.93. The molecule has 16 heavy (non-hydrogen) atoms. The number of anilines is 2. The molecule has 4 nitrogen and oxygen atoms in total. The summed E-state index contributed by atoms with van der Waals surface area (Å²) in [5.74, 6) is 0. The summed E-state index contributed by atoms with van der Waals surface area (Å²) in [5.41, 5.74) is 7.12. The molecule has 1 aromatic carbocycles. The fraction of sp³-hybridized carbons (Fsp3) is 0.182. The Labute approximate surface area is 97.8 Å². The van der Waals surface area contributed by atoms with Gasteiger partial charge in [0.25, 0.3) is 0 Å². The second kappa shape index (κ2) is 4.96. The summed E-state index contributed by atoms with van der Waals surface area (Å²) in [7, 11) is 0. The number of nitrogens with zero attached hydrogens (tertiary/aromatic N) is 1. The molecule has 0 radical (unpaired) electrons. The van der Waals surface area contributed by atoms with E-state index in [0.717, 1.165) is 10.7 Å². The van der Waals surface area contributed by atoms with Gasteiger partial charge in [-0.25, -0.2) is 4.98 Å². The minimum atomic E-state index is -0.551. The molecule has 0 aliphatic rings. The molecule has 0 amide bonds. The Morgan fingerprint density at radius 1 is 1.38 bits per heavy atom. The SMILES string of the molecule is Nc1ccc(C(O)CNc2nccs2)cc1. The van der Waals surface area contributed by atoms with Crippen molar-refractivity contribution in [2.24, 2.45) is 0 Å². The second-order valence-corrected chi connectivity index (χ2v) is 4.30. The molecule has 0 fully saturated rings. The molecule has 2 rings (SSSR count). The van der Waals surface area contributed by atoms with Crippen molar-refractivity contribution in [3.05, 3.63) is 41.4 Å². The first-order valence-corrected chi connectivity index (χ1v) is 5.80. The van der Waals surface area contributed by atoms with E-state index in [2.05, 4.69) is 10.3 Å². The number of nitrogens with one attached hydrogen (secondary N) is 1. The third-order valence-electron chi connectivity index (χ3n) is 2.20. The van der Waals surface area contributed by atoms with Crippen LogP contribution in [-0.2, 0) is 0 Å². The lowest BCUT2D eigenvalue weighted by atomic mass is 10.1. The van der Waals surface area contributed by atoms with Gasteiger partial charge < -0.3 is 16.2 Å². The highest BCUT2D eigenvalue weighted by atomic mass is 32.1. The number of aliphatic hydroxyl groups excluding tert-OH is 1. The molecule has 0 spiro atoms. The Bertz CT molecular complexity index is 427. The minimum absolute atomic E-state index is 0.442. The number of hydrogen-bond donors (Lipinski definition) is 3. The molecule has 84 valence electrons. The van der Waals surface area contributed by atoms with Gasteiger partial charge in [0.1, 0.15) is 0 Å². The van der Waals surface area contributed by atoms with Crippen molar-refractivity contribution in [1.29, 1.82) is 0 Å². The highest BCUT2D eigenvalue weighted by Crippen LogP contribution is 2.17. The molecule has 5 heteroatoms. The van der Waals surface area contributed by atoms with Crippen molar-refractivity contribution in [1.82, 2.24) is 4.98 Å². The van der Waals surface area contributed by atoms with Gasteiger partial charge in [-0.3, -0.25) is 0 Å². The maximum atomic E-state index is 9.88. The molecule has 0 aliphatic heterocycles. The quantitative estimate of drug-likeness (QED) is 0.707. The molecular formula is C11H13N3OS. The molecule has 0 saturated carbocycles. The zero-order valence-corrected chi connectivity index (χ0v) is 9.45. The normalized spacial score (nSPS) is 12.3. The number of nitrogens with two attached hydrogens (primary N) is 1. The lowest BCUT2D eigenvalue weighted by molar-refractivity contribution is 0.191. The van der Waals surface area contributed by atoms with Gasteiger partial charge in [-0.2, -0.15) is 0 Å². The van der Waals surface area contributed by atoms with E-state index < -0.39 is 6.10 Å². The van der Waals surface area contributed by atoms with Crippen LogP contribution in [0.2, 0.25) is 0 Å². The van der Waals surface area contributed by atoms with Crippen molar-refractivity contribution in [2.45, 2.75) is 6.10 Å². The van der Waals surface area contributed by atoms with Crippen molar-refractivity contribution in [3.8, 4) is 0 Å². The molecule has 0 bridgehead atoms. The molecule has 1 atom stereocenters. The molecule has 1 aromatic heterocycles. The van der Waals surface area contributed by atoms with Gasteiger partial charge in [0.2, 0.25) is 0 Å². The van der Waals surface area contributed by atoms with Crippen LogP contribution in [0, 0.1) is 0 Å². The van der Waals surface area contributed by atoms with Gasteiger partial charge in [0.05, 0.1) is 6.10 Å². The predicted molar refractivity (Wildman–Crippen MR) is 66.4 cm³/mol. The highest BCUT2D eigenvalue weighted by molar-refractivity contribution is 7.13. The van der Waals surface area contributed by atoms with Crippen molar-refractivity contribution < 1.29 is 5.11 Å². The molecule has 0 aliphatic carbocycles. The molecule has 2 aromatic rings. The van der Waals surface area contributed by atoms with E-state index in [1.807, 2.05) is 17.5 Å². The van der Waals surface area contributed by atoms with Gasteiger partial charge in [0.15, 0.2) is 5.13 Å². The fourth-order valence-corrected chi connectivity index (χ4v) is 1.87. The van der Waals surface area contributed by atoms with Crippen molar-refractivity contribution in [2.75, 3.05) is 17.6 Å². The summed E-state index contributed by atoms with van der Waals surface area (Å²) in [4.78, 5) is 4.07. The Hall–Kier alpha value is -1.59. The fourth-order valence-electron chi connectivity index (χ4n) is 1.33. The molecule has 4 N–H and O–H groups in total. The van der Waals surface area contributed by atoms with Crippen molar-refractivity contribution >= 4 is 22.2 Å². The number of aliphatic hydroxyl groups is 1. The first-order valence-electron chi connectivity index (χ1n) is 4.92. The van der Waals surface area contributed by atoms with E-state index in [4.69, 9.17) is 5.73 Å². The standard InChI is InChI=1S/C11H13N3OS/c12-9-3-1-8(2-4-9)10(15)7-14-11-13-5-6-16-11/h1-6,10,15H,7,12H2,(H,13,14). The first kappa shape index (κ1) is 10.9. The summed E-state index contributed by atoms with van der Waals surface area (Å²) in [6.45, 7) is 0.442. The summed E-state index contributed by atoms with van der Waals surface area (Å²) < 4.78 is 0. The second-order valence-electron chi connectivity index (χ2n) is 3.40. The number of benzene rings is 1. The maximum absolute atomic E-state index is 9.88. The first-order chi connectivity index (χ1) is 7.75. The minimum Gasteiger partial charge on any atom is -0.399 e. The van der Waals surface area contributed by atoms with Crippen LogP contribution >= 0.6 is 11.3 Å². The van der Waals surface area contributed by atoms with Crippen LogP contribution in [-0.4, -0.2) is 16.6 Å². The largest absolute Gasteiger partial charge is 0.399 e. The van der Waals surface area contributed by atoms with Crippen molar-refractivity contribution in [3.63, 3.8) is 0 Å². The van der Waals surface area contributed by atoms with Crippen LogP contribution in [0.5, 0.6) is 0 Å². The van der Waals surface area contributed by atoms with Gasteiger partial charge in [0, 0.05) is 23.8 Å². The van der Waals surface area contributed by atoms with E-state index in [0.29, 0.717) is 12.2 Å². The summed E-state index contributed by atoms with van der Waals surface area (Å²) in [5, 5.41) is 15.6. The van der Waals surface area contributed by atoms with Gasteiger partial charge >= 0.3 is 0 Å². The number of thiazole rings is 1. The number of hydrogen-bond acceptors (Lipinski definition) is 5. The topological polar surface area (TPSA) is 71.2 Å². The van der Waals surface area contributed by atoms with Crippen LogP contribution < -0.4 is 11.1 Å². The third kappa shape index (κ3) is 2.71. The van der Waals surface area contributed by atoms with E-state index >= 15 is 0 Å². The Morgan fingerprint density at radius 2 is 2.12 bits per heavy atom. The van der Waals surface area contributed by atoms with Crippen LogP contribution in [0.15, 0.2) is 35.8 Å². The zero-order valence-electron chi connectivity index (χ0n) is 8.63. The summed E-state index contributed by atoms with van der Waals surface area (Å²) in [6.07, 6.45) is 1.17. The lowest BCUT2D eigenvalue weighted by Gasteiger charge is -2.11. The molecule has 1 unspecified atom stereocenters. The van der Waals surface area contributed by atoms with E-state index in [1.54, 1.807) is 18.3 Å². The highest BCUT2D eigenvalue weighted by Gasteiger charge is 2.07. The molecule has 0 saturated heterocycles. The number of nitrogen functional groups attached to an aromatic ring is 1. The average molecular weight is 235 g/mol. The summed E-state index contributed by atoms with van der Waals surface area (Å²) in [6, 6.07) is 7.21. The Balaban J connectivity index is 1.93. The Kier molecular flexibility index (Phi) is 3.38. The zero-order chi connectivity index (χ0) is 11.4. The smallest absolute Gasteiger partial charge is 0.182 e. The van der Waals surface area contributed by atoms with Gasteiger partial charge in [-0.15, -0.1) is 11.3 Å². The van der Waals surface area contributed by atoms with Crippen LogP contribution in [0.3, 0.4) is 0 Å². The number of aromatic nitrogens is 1. The maximum Gasteiger partial charge on any atom is 0.182 e. The molecule has 1 heterocycles. The average Bonchev–Trinajstić information content (AvgIpc) is 2.80.